The van der Waals surface area contributed by atoms with Crippen molar-refractivity contribution in [3.8, 4) is 0 Å². The number of hydrogen-bond acceptors (Lipinski definition) is 4. The van der Waals surface area contributed by atoms with Crippen LogP contribution in [0.15, 0.2) is 0 Å². The van der Waals surface area contributed by atoms with E-state index in [0.29, 0.717) is 23.6 Å². The predicted molar refractivity (Wildman–Crippen MR) is 65.1 cm³/mol. The standard InChI is InChI=1S/C11H22N2O2S/c1-13(10-4-2-3-9(12)7-10)11-5-6-16(14,15)8-11/h9-11H,2-8,12H2,1H3. The summed E-state index contributed by atoms with van der Waals surface area (Å²) in [7, 11) is -0.702. The Kier molecular flexibility index (Phi) is 3.56. The molecule has 0 aromatic rings. The molecule has 1 heterocycles. The molecule has 0 radical (unpaired) electrons. The molecule has 2 aliphatic rings. The molecule has 3 unspecified atom stereocenters. The fourth-order valence-electron chi connectivity index (χ4n) is 2.97. The Balaban J connectivity index is 1.94. The molecule has 0 spiro atoms. The summed E-state index contributed by atoms with van der Waals surface area (Å²) in [5, 5.41) is 0. The quantitative estimate of drug-likeness (QED) is 0.765. The SMILES string of the molecule is CN(C1CCCC(N)C1)C1CCS(=O)(=O)C1. The fourth-order valence-corrected chi connectivity index (χ4v) is 4.75. The maximum atomic E-state index is 11.4. The fraction of sp³-hybridized carbons (Fsp3) is 1.00. The second-order valence-electron chi connectivity index (χ2n) is 5.30. The molecule has 16 heavy (non-hydrogen) atoms. The molecule has 94 valence electrons. The van der Waals surface area contributed by atoms with E-state index in [0.717, 1.165) is 19.3 Å². The molecule has 1 aliphatic heterocycles. The van der Waals surface area contributed by atoms with Gasteiger partial charge in [-0.1, -0.05) is 6.42 Å². The van der Waals surface area contributed by atoms with E-state index in [1.165, 1.54) is 12.8 Å². The van der Waals surface area contributed by atoms with E-state index in [1.807, 2.05) is 0 Å². The summed E-state index contributed by atoms with van der Waals surface area (Å²) in [5.41, 5.74) is 5.97. The van der Waals surface area contributed by atoms with Crippen molar-refractivity contribution in [1.82, 2.24) is 4.90 Å². The first-order valence-corrected chi connectivity index (χ1v) is 7.98. The van der Waals surface area contributed by atoms with Gasteiger partial charge in [-0.2, -0.15) is 0 Å². The van der Waals surface area contributed by atoms with Crippen molar-refractivity contribution in [2.45, 2.75) is 50.2 Å². The van der Waals surface area contributed by atoms with E-state index in [1.54, 1.807) is 0 Å². The molecule has 4 nitrogen and oxygen atoms in total. The van der Waals surface area contributed by atoms with Gasteiger partial charge < -0.3 is 5.73 Å². The normalized spacial score (nSPS) is 39.1. The Morgan fingerprint density at radius 2 is 1.94 bits per heavy atom. The molecular weight excluding hydrogens is 224 g/mol. The third-order valence-electron chi connectivity index (χ3n) is 4.05. The highest BCUT2D eigenvalue weighted by Gasteiger charge is 2.34. The average Bonchev–Trinajstić information content (AvgIpc) is 2.58. The molecule has 2 rings (SSSR count). The minimum atomic E-state index is -2.77. The second-order valence-corrected chi connectivity index (χ2v) is 7.53. The summed E-state index contributed by atoms with van der Waals surface area (Å²) in [4.78, 5) is 2.27. The highest BCUT2D eigenvalue weighted by atomic mass is 32.2. The van der Waals surface area contributed by atoms with Gasteiger partial charge in [0.25, 0.3) is 0 Å². The first-order chi connectivity index (χ1) is 7.48. The Hall–Kier alpha value is -0.130. The number of rotatable bonds is 2. The van der Waals surface area contributed by atoms with Crippen LogP contribution in [0.3, 0.4) is 0 Å². The largest absolute Gasteiger partial charge is 0.328 e. The molecule has 1 saturated heterocycles. The van der Waals surface area contributed by atoms with Gasteiger partial charge in [-0.15, -0.1) is 0 Å². The molecule has 2 fully saturated rings. The van der Waals surface area contributed by atoms with Gasteiger partial charge in [0.1, 0.15) is 0 Å². The molecule has 1 aliphatic carbocycles. The van der Waals surface area contributed by atoms with Crippen molar-refractivity contribution in [2.24, 2.45) is 5.73 Å². The Morgan fingerprint density at radius 3 is 2.50 bits per heavy atom. The van der Waals surface area contributed by atoms with Crippen molar-refractivity contribution in [3.05, 3.63) is 0 Å². The van der Waals surface area contributed by atoms with Crippen molar-refractivity contribution < 1.29 is 8.42 Å². The molecular formula is C11H22N2O2S. The van der Waals surface area contributed by atoms with E-state index in [2.05, 4.69) is 11.9 Å². The zero-order chi connectivity index (χ0) is 11.8. The van der Waals surface area contributed by atoms with Gasteiger partial charge in [-0.3, -0.25) is 4.90 Å². The third kappa shape index (κ3) is 2.76. The lowest BCUT2D eigenvalue weighted by atomic mass is 9.90. The Labute approximate surface area is 98.1 Å². The van der Waals surface area contributed by atoms with Crippen LogP contribution in [-0.2, 0) is 9.84 Å². The summed E-state index contributed by atoms with van der Waals surface area (Å²) in [6.45, 7) is 0. The van der Waals surface area contributed by atoms with Gasteiger partial charge in [0.15, 0.2) is 9.84 Å². The highest BCUT2D eigenvalue weighted by Crippen LogP contribution is 2.26. The van der Waals surface area contributed by atoms with Crippen LogP contribution in [0.2, 0.25) is 0 Å². The summed E-state index contributed by atoms with van der Waals surface area (Å²) < 4.78 is 22.9. The highest BCUT2D eigenvalue weighted by molar-refractivity contribution is 7.91. The first-order valence-electron chi connectivity index (χ1n) is 6.16. The molecule has 0 bridgehead atoms. The van der Waals surface area contributed by atoms with Gasteiger partial charge in [0.05, 0.1) is 11.5 Å². The maximum Gasteiger partial charge on any atom is 0.151 e. The summed E-state index contributed by atoms with van der Waals surface area (Å²) in [6.07, 6.45) is 5.28. The lowest BCUT2D eigenvalue weighted by Crippen LogP contribution is -2.45. The average molecular weight is 246 g/mol. The van der Waals surface area contributed by atoms with Gasteiger partial charge >= 0.3 is 0 Å². The van der Waals surface area contributed by atoms with Crippen molar-refractivity contribution in [3.63, 3.8) is 0 Å². The van der Waals surface area contributed by atoms with Crippen LogP contribution < -0.4 is 5.73 Å². The van der Waals surface area contributed by atoms with E-state index in [9.17, 15) is 8.42 Å². The van der Waals surface area contributed by atoms with Crippen molar-refractivity contribution in [1.29, 1.82) is 0 Å². The zero-order valence-electron chi connectivity index (χ0n) is 9.93. The molecule has 0 amide bonds. The van der Waals surface area contributed by atoms with Crippen LogP contribution in [0.4, 0.5) is 0 Å². The van der Waals surface area contributed by atoms with Crippen molar-refractivity contribution >= 4 is 9.84 Å². The molecule has 3 atom stereocenters. The summed E-state index contributed by atoms with van der Waals surface area (Å²) in [6, 6.07) is 1.02. The number of sulfone groups is 1. The van der Waals surface area contributed by atoms with Crippen LogP contribution in [0, 0.1) is 0 Å². The topological polar surface area (TPSA) is 63.4 Å². The van der Waals surface area contributed by atoms with Gasteiger partial charge in [0.2, 0.25) is 0 Å². The Bertz CT molecular complexity index is 342. The van der Waals surface area contributed by atoms with Crippen molar-refractivity contribution in [2.75, 3.05) is 18.6 Å². The van der Waals surface area contributed by atoms with Gasteiger partial charge in [0, 0.05) is 18.1 Å². The third-order valence-corrected chi connectivity index (χ3v) is 5.80. The first kappa shape index (κ1) is 12.3. The van der Waals surface area contributed by atoms with Crippen LogP contribution >= 0.6 is 0 Å². The molecule has 0 aromatic carbocycles. The van der Waals surface area contributed by atoms with Crippen LogP contribution in [0.25, 0.3) is 0 Å². The minimum absolute atomic E-state index is 0.222. The number of hydrogen-bond donors (Lipinski definition) is 1. The second kappa shape index (κ2) is 4.63. The maximum absolute atomic E-state index is 11.4. The minimum Gasteiger partial charge on any atom is -0.328 e. The smallest absolute Gasteiger partial charge is 0.151 e. The van der Waals surface area contributed by atoms with Crippen LogP contribution in [0.1, 0.15) is 32.1 Å². The molecule has 2 N–H and O–H groups in total. The monoisotopic (exact) mass is 246 g/mol. The van der Waals surface area contributed by atoms with Gasteiger partial charge in [-0.05, 0) is 32.7 Å². The van der Waals surface area contributed by atoms with Crippen LogP contribution in [-0.4, -0.2) is 50.0 Å². The van der Waals surface area contributed by atoms with E-state index >= 15 is 0 Å². The van der Waals surface area contributed by atoms with E-state index in [-0.39, 0.29) is 6.04 Å². The predicted octanol–water partition coefficient (Wildman–Crippen LogP) is 0.375. The zero-order valence-corrected chi connectivity index (χ0v) is 10.7. The summed E-state index contributed by atoms with van der Waals surface area (Å²) in [5.74, 6) is 0.704. The van der Waals surface area contributed by atoms with Crippen LogP contribution in [0.5, 0.6) is 0 Å². The van der Waals surface area contributed by atoms with E-state index < -0.39 is 9.84 Å². The lowest BCUT2D eigenvalue weighted by Gasteiger charge is -2.37. The lowest BCUT2D eigenvalue weighted by molar-refractivity contribution is 0.141. The Morgan fingerprint density at radius 1 is 1.19 bits per heavy atom. The van der Waals surface area contributed by atoms with Gasteiger partial charge in [-0.25, -0.2) is 8.42 Å². The molecule has 0 aromatic heterocycles. The molecule has 1 saturated carbocycles. The van der Waals surface area contributed by atoms with E-state index in [4.69, 9.17) is 5.73 Å². The molecule has 5 heteroatoms. The number of nitrogens with zero attached hydrogens (tertiary/aromatic N) is 1. The number of nitrogens with two attached hydrogens (primary N) is 1. The summed E-state index contributed by atoms with van der Waals surface area (Å²) >= 11 is 0.